The van der Waals surface area contributed by atoms with Gasteiger partial charge < -0.3 is 15.5 Å². The molecule has 0 radical (unpaired) electrons. The van der Waals surface area contributed by atoms with Gasteiger partial charge in [-0.05, 0) is 43.5 Å². The van der Waals surface area contributed by atoms with Crippen LogP contribution in [0.3, 0.4) is 0 Å². The topological polar surface area (TPSA) is 107 Å². The van der Waals surface area contributed by atoms with Crippen molar-refractivity contribution in [1.29, 1.82) is 0 Å². The van der Waals surface area contributed by atoms with Crippen LogP contribution in [0, 0.1) is 5.82 Å². The van der Waals surface area contributed by atoms with Gasteiger partial charge in [-0.15, -0.1) is 0 Å². The second kappa shape index (κ2) is 7.41. The maximum Gasteiger partial charge on any atom is 0.258 e. The number of nitrogens with one attached hydrogen (secondary N) is 3. The molecule has 0 unspecified atom stereocenters. The van der Waals surface area contributed by atoms with E-state index in [0.29, 0.717) is 11.6 Å². The van der Waals surface area contributed by atoms with Crippen LogP contribution < -0.4 is 21.1 Å². The van der Waals surface area contributed by atoms with Crippen LogP contribution in [0.4, 0.5) is 21.8 Å². The smallest absolute Gasteiger partial charge is 0.258 e. The van der Waals surface area contributed by atoms with Crippen LogP contribution in [0.5, 0.6) is 0 Å². The van der Waals surface area contributed by atoms with Crippen molar-refractivity contribution >= 4 is 29.3 Å². The highest BCUT2D eigenvalue weighted by Gasteiger charge is 2.35. The number of rotatable bonds is 3. The van der Waals surface area contributed by atoms with E-state index >= 15 is 0 Å². The molecule has 146 valence electrons. The Kier molecular flexibility index (Phi) is 4.81. The average Bonchev–Trinajstić information content (AvgIpc) is 2.69. The molecule has 9 heteroatoms. The third-order valence-electron chi connectivity index (χ3n) is 5.02. The van der Waals surface area contributed by atoms with Crippen molar-refractivity contribution in [1.82, 2.24) is 9.97 Å². The molecule has 3 heterocycles. The van der Waals surface area contributed by atoms with E-state index in [1.54, 1.807) is 0 Å². The number of hydrogen-bond donors (Lipinski definition) is 3. The normalized spacial score (nSPS) is 19.0. The van der Waals surface area contributed by atoms with Crippen LogP contribution in [0.1, 0.15) is 37.2 Å². The minimum Gasteiger partial charge on any atom is -0.342 e. The molecule has 28 heavy (non-hydrogen) atoms. The van der Waals surface area contributed by atoms with E-state index < -0.39 is 23.2 Å². The number of aromatic nitrogens is 2. The second-order valence-electron chi connectivity index (χ2n) is 7.00. The highest BCUT2D eigenvalue weighted by Crippen LogP contribution is 2.30. The lowest BCUT2D eigenvalue weighted by molar-refractivity contribution is -0.123. The molecule has 1 aromatic heterocycles. The van der Waals surface area contributed by atoms with Crippen LogP contribution in [0.25, 0.3) is 0 Å². The van der Waals surface area contributed by atoms with E-state index in [2.05, 4.69) is 20.6 Å². The molecule has 2 aliphatic heterocycles. The van der Waals surface area contributed by atoms with Crippen molar-refractivity contribution < 1.29 is 14.0 Å². The molecule has 0 saturated carbocycles. The van der Waals surface area contributed by atoms with Crippen molar-refractivity contribution in [2.45, 2.75) is 31.6 Å². The van der Waals surface area contributed by atoms with Gasteiger partial charge in [0, 0.05) is 25.2 Å². The van der Waals surface area contributed by atoms with Gasteiger partial charge in [-0.3, -0.25) is 19.4 Å². The molecule has 1 saturated heterocycles. The standard InChI is InChI=1S/C19H20FN5O3/c20-11-4-6-12(7-5-11)21-17(27)13-10-14(26)22-16-15(13)18(28)24-19(23-16)25-8-2-1-3-9-25/h4-7,13H,1-3,8-10H2,(H,21,27)(H2,22,23,24,26,28)/t13-/m0/s1. The molecule has 3 N–H and O–H groups in total. The minimum atomic E-state index is -0.972. The lowest BCUT2D eigenvalue weighted by Crippen LogP contribution is -2.38. The number of benzene rings is 1. The van der Waals surface area contributed by atoms with Crippen LogP contribution in [0.15, 0.2) is 29.1 Å². The Bertz CT molecular complexity index is 967. The maximum atomic E-state index is 13.0. The van der Waals surface area contributed by atoms with Gasteiger partial charge in [0.2, 0.25) is 17.8 Å². The van der Waals surface area contributed by atoms with Gasteiger partial charge in [0.15, 0.2) is 0 Å². The van der Waals surface area contributed by atoms with E-state index in [1.807, 2.05) is 4.90 Å². The van der Waals surface area contributed by atoms with E-state index in [9.17, 15) is 18.8 Å². The maximum absolute atomic E-state index is 13.0. The highest BCUT2D eigenvalue weighted by molar-refractivity contribution is 6.04. The van der Waals surface area contributed by atoms with Gasteiger partial charge in [0.1, 0.15) is 11.6 Å². The van der Waals surface area contributed by atoms with Crippen LogP contribution in [-0.2, 0) is 9.59 Å². The summed E-state index contributed by atoms with van der Waals surface area (Å²) in [6, 6.07) is 5.27. The zero-order valence-electron chi connectivity index (χ0n) is 15.1. The predicted octanol–water partition coefficient (Wildman–Crippen LogP) is 1.96. The van der Waals surface area contributed by atoms with Crippen LogP contribution in [-0.4, -0.2) is 34.9 Å². The van der Waals surface area contributed by atoms with Gasteiger partial charge in [0.25, 0.3) is 5.56 Å². The SMILES string of the molecule is O=C1C[C@H](C(=O)Nc2ccc(F)cc2)c2c(nc(N3CCCCC3)[nH]c2=O)N1. The molecule has 1 atom stereocenters. The number of H-pyrrole nitrogens is 1. The molecule has 8 nitrogen and oxygen atoms in total. The van der Waals surface area contributed by atoms with Crippen LogP contribution >= 0.6 is 0 Å². The lowest BCUT2D eigenvalue weighted by atomic mass is 9.92. The van der Waals surface area contributed by atoms with Crippen molar-refractivity contribution in [3.63, 3.8) is 0 Å². The highest BCUT2D eigenvalue weighted by atomic mass is 19.1. The zero-order valence-corrected chi connectivity index (χ0v) is 15.1. The van der Waals surface area contributed by atoms with Gasteiger partial charge in [0.05, 0.1) is 11.5 Å². The lowest BCUT2D eigenvalue weighted by Gasteiger charge is -2.29. The number of piperidine rings is 1. The summed E-state index contributed by atoms with van der Waals surface area (Å²) in [7, 11) is 0. The Morgan fingerprint density at radius 3 is 2.57 bits per heavy atom. The summed E-state index contributed by atoms with van der Waals surface area (Å²) in [5.74, 6) is -1.76. The molecular formula is C19H20FN5O3. The van der Waals surface area contributed by atoms with Gasteiger partial charge >= 0.3 is 0 Å². The minimum absolute atomic E-state index is 0.125. The summed E-state index contributed by atoms with van der Waals surface area (Å²) < 4.78 is 13.0. The number of aromatic amines is 1. The fourth-order valence-corrected chi connectivity index (χ4v) is 3.60. The summed E-state index contributed by atoms with van der Waals surface area (Å²) in [5.41, 5.74) is 0.0815. The first-order chi connectivity index (χ1) is 13.5. The van der Waals surface area contributed by atoms with E-state index in [0.717, 1.165) is 32.4 Å². The molecule has 1 fully saturated rings. The number of amides is 2. The van der Waals surface area contributed by atoms with Crippen molar-refractivity contribution in [3.8, 4) is 0 Å². The number of carbonyl (C=O) groups is 2. The fourth-order valence-electron chi connectivity index (χ4n) is 3.60. The van der Waals surface area contributed by atoms with Gasteiger partial charge in [-0.2, -0.15) is 4.98 Å². The second-order valence-corrected chi connectivity index (χ2v) is 7.00. The molecule has 0 bridgehead atoms. The van der Waals surface area contributed by atoms with E-state index in [4.69, 9.17) is 0 Å². The fraction of sp³-hybridized carbons (Fsp3) is 0.368. The number of nitrogens with zero attached hydrogens (tertiary/aromatic N) is 2. The Labute approximate surface area is 160 Å². The Morgan fingerprint density at radius 1 is 1.14 bits per heavy atom. The first-order valence-corrected chi connectivity index (χ1v) is 9.27. The third kappa shape index (κ3) is 3.60. The summed E-state index contributed by atoms with van der Waals surface area (Å²) in [6.07, 6.45) is 2.99. The predicted molar refractivity (Wildman–Crippen MR) is 102 cm³/mol. The van der Waals surface area contributed by atoms with E-state index in [-0.39, 0.29) is 23.7 Å². The van der Waals surface area contributed by atoms with Gasteiger partial charge in [-0.25, -0.2) is 4.39 Å². The molecular weight excluding hydrogens is 365 g/mol. The monoisotopic (exact) mass is 385 g/mol. The largest absolute Gasteiger partial charge is 0.342 e. The Hall–Kier alpha value is -3.23. The van der Waals surface area contributed by atoms with Crippen molar-refractivity contribution in [3.05, 3.63) is 46.0 Å². The van der Waals surface area contributed by atoms with Gasteiger partial charge in [-0.1, -0.05) is 0 Å². The number of fused-ring (bicyclic) bond motifs is 1. The first-order valence-electron chi connectivity index (χ1n) is 9.27. The third-order valence-corrected chi connectivity index (χ3v) is 5.02. The number of anilines is 3. The number of halogens is 1. The van der Waals surface area contributed by atoms with Crippen molar-refractivity contribution in [2.75, 3.05) is 28.6 Å². The molecule has 1 aromatic carbocycles. The quantitative estimate of drug-likeness (QED) is 0.749. The Morgan fingerprint density at radius 2 is 1.86 bits per heavy atom. The zero-order chi connectivity index (χ0) is 19.7. The van der Waals surface area contributed by atoms with Crippen LogP contribution in [0.2, 0.25) is 0 Å². The molecule has 0 aliphatic carbocycles. The summed E-state index contributed by atoms with van der Waals surface area (Å²) in [4.78, 5) is 46.7. The summed E-state index contributed by atoms with van der Waals surface area (Å²) >= 11 is 0. The average molecular weight is 385 g/mol. The molecule has 0 spiro atoms. The Balaban J connectivity index is 1.64. The molecule has 2 amide bonds. The summed E-state index contributed by atoms with van der Waals surface area (Å²) in [5, 5.41) is 5.24. The molecule has 2 aromatic rings. The molecule has 2 aliphatic rings. The summed E-state index contributed by atoms with van der Waals surface area (Å²) in [6.45, 7) is 1.56. The number of hydrogen-bond acceptors (Lipinski definition) is 5. The number of carbonyl (C=O) groups excluding carboxylic acids is 2. The van der Waals surface area contributed by atoms with Crippen molar-refractivity contribution in [2.24, 2.45) is 0 Å². The molecule has 4 rings (SSSR count). The van der Waals surface area contributed by atoms with E-state index in [1.165, 1.54) is 24.3 Å². The first kappa shape index (κ1) is 18.1.